The van der Waals surface area contributed by atoms with Crippen molar-refractivity contribution < 1.29 is 47.8 Å². The Labute approximate surface area is 223 Å². The van der Waals surface area contributed by atoms with Crippen LogP contribution in [0.15, 0.2) is 42.5 Å². The molecule has 2 aromatic carbocycles. The van der Waals surface area contributed by atoms with Gasteiger partial charge in [-0.05, 0) is 49.7 Å². The molecule has 1 amide bonds. The normalized spacial score (nSPS) is 17.1. The number of halogens is 4. The van der Waals surface area contributed by atoms with Crippen LogP contribution in [0, 0.1) is 5.41 Å². The molecule has 1 atom stereocenters. The van der Waals surface area contributed by atoms with Crippen molar-refractivity contribution in [2.24, 2.45) is 5.41 Å². The number of anilines is 1. The SMILES string of the molecule is CCOc1cc(C[NH2+]CCC2(CC)CC(=O)N(c3ccc(C(=O)O)cc3)C2)ccc1Cl.O=C([O-])C(F)(F)F. The van der Waals surface area contributed by atoms with Gasteiger partial charge in [0.15, 0.2) is 0 Å². The van der Waals surface area contributed by atoms with Crippen LogP contribution in [-0.4, -0.2) is 48.8 Å². The Morgan fingerprint density at radius 1 is 1.18 bits per heavy atom. The number of benzene rings is 2. The minimum absolute atomic E-state index is 0.0600. The lowest BCUT2D eigenvalue weighted by Gasteiger charge is -2.26. The van der Waals surface area contributed by atoms with Crippen molar-refractivity contribution >= 4 is 35.1 Å². The van der Waals surface area contributed by atoms with Crippen LogP contribution >= 0.6 is 11.6 Å². The lowest BCUT2D eigenvalue weighted by molar-refractivity contribution is -0.672. The zero-order valence-electron chi connectivity index (χ0n) is 21.0. The minimum atomic E-state index is -5.19. The molecule has 0 aromatic heterocycles. The van der Waals surface area contributed by atoms with E-state index in [9.17, 15) is 22.8 Å². The molecule has 0 radical (unpaired) electrons. The van der Waals surface area contributed by atoms with Crippen molar-refractivity contribution in [2.45, 2.75) is 45.8 Å². The zero-order valence-corrected chi connectivity index (χ0v) is 21.8. The monoisotopic (exact) mass is 558 g/mol. The van der Waals surface area contributed by atoms with E-state index in [0.29, 0.717) is 30.3 Å². The van der Waals surface area contributed by atoms with E-state index < -0.39 is 18.1 Å². The molecule has 1 saturated heterocycles. The van der Waals surface area contributed by atoms with E-state index in [1.54, 1.807) is 29.2 Å². The quantitative estimate of drug-likeness (QED) is 0.432. The summed E-state index contributed by atoms with van der Waals surface area (Å²) in [7, 11) is 0. The Morgan fingerprint density at radius 3 is 2.34 bits per heavy atom. The molecule has 1 heterocycles. The molecule has 2 aromatic rings. The molecule has 3 rings (SSSR count). The molecule has 12 heteroatoms. The minimum Gasteiger partial charge on any atom is -0.542 e. The third-order valence-electron chi connectivity index (χ3n) is 6.28. The highest BCUT2D eigenvalue weighted by molar-refractivity contribution is 6.32. The number of alkyl halides is 3. The number of carboxylic acid groups (broad SMARTS) is 2. The Balaban J connectivity index is 0.000000638. The number of rotatable bonds is 10. The number of aromatic carboxylic acids is 1. The van der Waals surface area contributed by atoms with E-state index in [1.807, 2.05) is 25.1 Å². The van der Waals surface area contributed by atoms with Crippen molar-refractivity contribution in [1.82, 2.24) is 0 Å². The van der Waals surface area contributed by atoms with Crippen LogP contribution in [0.3, 0.4) is 0 Å². The van der Waals surface area contributed by atoms with Gasteiger partial charge in [0.25, 0.3) is 0 Å². The maximum Gasteiger partial charge on any atom is 0.430 e. The number of ether oxygens (including phenoxy) is 1. The standard InChI is InChI=1S/C24H29ClN2O4.C2HF3O2/c1-3-24(11-12-26-15-17-5-10-20(25)21(13-17)31-4-2)14-22(28)27(16-24)19-8-6-18(7-9-19)23(29)30;3-2(4,5)1(6)7/h5-10,13,26H,3-4,11-12,14-16H2,1-2H3,(H,29,30);(H,6,7). The summed E-state index contributed by atoms with van der Waals surface area (Å²) in [6.45, 7) is 7.06. The van der Waals surface area contributed by atoms with Gasteiger partial charge in [-0.3, -0.25) is 4.79 Å². The molecule has 1 aliphatic rings. The summed E-state index contributed by atoms with van der Waals surface area (Å²) in [5.41, 5.74) is 2.08. The molecular formula is C26H30ClF3N2O6. The molecule has 0 aliphatic carbocycles. The molecule has 38 heavy (non-hydrogen) atoms. The average molecular weight is 559 g/mol. The number of carboxylic acids is 2. The molecule has 0 saturated carbocycles. The first-order valence-corrected chi connectivity index (χ1v) is 12.3. The summed E-state index contributed by atoms with van der Waals surface area (Å²) < 4.78 is 37.1. The van der Waals surface area contributed by atoms with Crippen molar-refractivity contribution in [2.75, 3.05) is 24.6 Å². The fourth-order valence-corrected chi connectivity index (χ4v) is 4.29. The zero-order chi connectivity index (χ0) is 28.5. The summed E-state index contributed by atoms with van der Waals surface area (Å²) in [5, 5.41) is 20.7. The van der Waals surface area contributed by atoms with Gasteiger partial charge in [0.2, 0.25) is 5.91 Å². The predicted octanol–water partition coefficient (Wildman–Crippen LogP) is 3.02. The largest absolute Gasteiger partial charge is 0.542 e. The Hall–Kier alpha value is -3.31. The van der Waals surface area contributed by atoms with Gasteiger partial charge in [0.1, 0.15) is 18.3 Å². The van der Waals surface area contributed by atoms with Gasteiger partial charge in [-0.1, -0.05) is 24.6 Å². The highest BCUT2D eigenvalue weighted by Gasteiger charge is 2.42. The van der Waals surface area contributed by atoms with E-state index in [1.165, 1.54) is 0 Å². The van der Waals surface area contributed by atoms with Gasteiger partial charge in [-0.15, -0.1) is 0 Å². The van der Waals surface area contributed by atoms with Gasteiger partial charge in [0.05, 0.1) is 23.7 Å². The average Bonchev–Trinajstić information content (AvgIpc) is 3.20. The van der Waals surface area contributed by atoms with Crippen LogP contribution in [0.1, 0.15) is 49.0 Å². The highest BCUT2D eigenvalue weighted by atomic mass is 35.5. The molecule has 0 spiro atoms. The topological polar surface area (TPSA) is 124 Å². The van der Waals surface area contributed by atoms with E-state index in [-0.39, 0.29) is 16.9 Å². The molecule has 1 unspecified atom stereocenters. The van der Waals surface area contributed by atoms with E-state index in [0.717, 1.165) is 37.2 Å². The fraction of sp³-hybridized carbons (Fsp3) is 0.423. The maximum atomic E-state index is 12.7. The van der Waals surface area contributed by atoms with Gasteiger partial charge in [0, 0.05) is 36.1 Å². The first kappa shape index (κ1) is 30.9. The Morgan fingerprint density at radius 2 is 1.82 bits per heavy atom. The molecule has 1 aliphatic heterocycles. The van der Waals surface area contributed by atoms with Gasteiger partial charge >= 0.3 is 12.1 Å². The molecule has 1 fully saturated rings. The number of amides is 1. The number of nitrogens with two attached hydrogens (primary N) is 1. The third-order valence-corrected chi connectivity index (χ3v) is 6.59. The number of carbonyl (C=O) groups is 3. The lowest BCUT2D eigenvalue weighted by Crippen LogP contribution is -2.83. The van der Waals surface area contributed by atoms with Crippen LogP contribution in [0.2, 0.25) is 5.02 Å². The first-order chi connectivity index (χ1) is 17.8. The highest BCUT2D eigenvalue weighted by Crippen LogP contribution is 2.39. The number of hydrogen-bond acceptors (Lipinski definition) is 5. The molecule has 8 nitrogen and oxygen atoms in total. The second-order valence-corrected chi connectivity index (χ2v) is 9.28. The summed E-state index contributed by atoms with van der Waals surface area (Å²) in [5.74, 6) is -3.16. The Kier molecular flexibility index (Phi) is 11.0. The lowest BCUT2D eigenvalue weighted by atomic mass is 9.81. The van der Waals surface area contributed by atoms with Gasteiger partial charge < -0.3 is 30.0 Å². The van der Waals surface area contributed by atoms with Gasteiger partial charge in [-0.2, -0.15) is 13.2 Å². The predicted molar refractivity (Wildman–Crippen MR) is 132 cm³/mol. The number of quaternary nitrogens is 1. The molecule has 208 valence electrons. The van der Waals surface area contributed by atoms with Crippen molar-refractivity contribution in [3.8, 4) is 5.75 Å². The van der Waals surface area contributed by atoms with Crippen molar-refractivity contribution in [3.05, 3.63) is 58.6 Å². The summed E-state index contributed by atoms with van der Waals surface area (Å²) in [4.78, 5) is 34.4. The number of aliphatic carboxylic acids is 1. The number of hydrogen-bond donors (Lipinski definition) is 2. The fourth-order valence-electron chi connectivity index (χ4n) is 4.11. The van der Waals surface area contributed by atoms with Crippen LogP contribution < -0.4 is 20.1 Å². The second kappa shape index (κ2) is 13.5. The molecule has 0 bridgehead atoms. The summed E-state index contributed by atoms with van der Waals surface area (Å²) in [6.07, 6.45) is -2.82. The van der Waals surface area contributed by atoms with Crippen LogP contribution in [0.25, 0.3) is 0 Å². The van der Waals surface area contributed by atoms with Crippen LogP contribution in [0.4, 0.5) is 18.9 Å². The van der Waals surface area contributed by atoms with Crippen LogP contribution in [0.5, 0.6) is 5.75 Å². The van der Waals surface area contributed by atoms with Crippen molar-refractivity contribution in [1.29, 1.82) is 0 Å². The van der Waals surface area contributed by atoms with Crippen LogP contribution in [-0.2, 0) is 16.1 Å². The smallest absolute Gasteiger partial charge is 0.430 e. The Bertz CT molecular complexity index is 1130. The number of carbonyl (C=O) groups excluding carboxylic acids is 2. The van der Waals surface area contributed by atoms with Crippen molar-refractivity contribution in [3.63, 3.8) is 0 Å². The second-order valence-electron chi connectivity index (χ2n) is 8.88. The molecule has 3 N–H and O–H groups in total. The van der Waals surface area contributed by atoms with Gasteiger partial charge in [-0.25, -0.2) is 4.79 Å². The van der Waals surface area contributed by atoms with E-state index >= 15 is 0 Å². The van der Waals surface area contributed by atoms with E-state index in [2.05, 4.69) is 12.2 Å². The molecular weight excluding hydrogens is 529 g/mol. The number of nitrogens with zero attached hydrogens (tertiary/aromatic N) is 1. The van der Waals surface area contributed by atoms with E-state index in [4.69, 9.17) is 31.3 Å². The third kappa shape index (κ3) is 8.63. The summed E-state index contributed by atoms with van der Waals surface area (Å²) >= 11 is 6.16. The first-order valence-electron chi connectivity index (χ1n) is 12.0. The maximum absolute atomic E-state index is 12.7. The summed E-state index contributed by atoms with van der Waals surface area (Å²) in [6, 6.07) is 12.4.